The first kappa shape index (κ1) is 13.9. The molecule has 0 aliphatic carbocycles. The van der Waals surface area contributed by atoms with E-state index in [4.69, 9.17) is 0 Å². The van der Waals surface area contributed by atoms with Gasteiger partial charge in [0.25, 0.3) is 0 Å². The van der Waals surface area contributed by atoms with Gasteiger partial charge in [-0.2, -0.15) is 0 Å². The summed E-state index contributed by atoms with van der Waals surface area (Å²) in [6.07, 6.45) is 0.723. The maximum Gasteiger partial charge on any atom is 0.329 e. The van der Waals surface area contributed by atoms with Gasteiger partial charge in [-0.15, -0.1) is 0 Å². The molecule has 0 radical (unpaired) electrons. The Bertz CT molecular complexity index is 250. The van der Waals surface area contributed by atoms with Crippen LogP contribution in [0.3, 0.4) is 0 Å². The molecule has 1 unspecified atom stereocenters. The number of rotatable bonds is 5. The average Bonchev–Trinajstić information content (AvgIpc) is 2.02. The molecule has 0 heterocycles. The van der Waals surface area contributed by atoms with Crippen molar-refractivity contribution in [3.8, 4) is 0 Å². The highest BCUT2D eigenvalue weighted by Gasteiger charge is 2.42. The van der Waals surface area contributed by atoms with Gasteiger partial charge < -0.3 is 10.4 Å². The van der Waals surface area contributed by atoms with Crippen LogP contribution in [0.1, 0.15) is 41.0 Å². The average molecular weight is 215 g/mol. The van der Waals surface area contributed by atoms with Crippen LogP contribution >= 0.6 is 0 Å². The van der Waals surface area contributed by atoms with Crippen LogP contribution < -0.4 is 5.32 Å². The number of hydrogen-bond acceptors (Lipinski definition) is 2. The van der Waals surface area contributed by atoms with Crippen molar-refractivity contribution in [1.82, 2.24) is 5.32 Å². The van der Waals surface area contributed by atoms with Gasteiger partial charge in [-0.3, -0.25) is 4.79 Å². The van der Waals surface area contributed by atoms with Crippen LogP contribution in [0.25, 0.3) is 0 Å². The Labute approximate surface area is 91.1 Å². The molecular weight excluding hydrogens is 194 g/mol. The summed E-state index contributed by atoms with van der Waals surface area (Å²) in [5, 5.41) is 11.8. The molecule has 0 rings (SSSR count). The molecule has 15 heavy (non-hydrogen) atoms. The predicted molar refractivity (Wildman–Crippen MR) is 58.5 cm³/mol. The fraction of sp³-hybridized carbons (Fsp3) is 0.818. The van der Waals surface area contributed by atoms with Crippen molar-refractivity contribution in [3.63, 3.8) is 0 Å². The van der Waals surface area contributed by atoms with Gasteiger partial charge in [0.2, 0.25) is 5.91 Å². The number of carbonyl (C=O) groups is 2. The second-order valence-electron chi connectivity index (χ2n) is 4.45. The van der Waals surface area contributed by atoms with Crippen LogP contribution in [-0.2, 0) is 9.59 Å². The maximum atomic E-state index is 11.2. The third kappa shape index (κ3) is 3.22. The highest BCUT2D eigenvalue weighted by molar-refractivity contribution is 5.85. The maximum absolute atomic E-state index is 11.2. The Balaban J connectivity index is 5.06. The summed E-state index contributed by atoms with van der Waals surface area (Å²) in [5.41, 5.74) is -1.17. The minimum atomic E-state index is -1.17. The first-order chi connectivity index (χ1) is 6.75. The van der Waals surface area contributed by atoms with Crippen LogP contribution in [0, 0.1) is 11.8 Å². The third-order valence-corrected chi connectivity index (χ3v) is 2.87. The molecule has 4 nitrogen and oxygen atoms in total. The summed E-state index contributed by atoms with van der Waals surface area (Å²) in [4.78, 5) is 22.3. The fourth-order valence-corrected chi connectivity index (χ4v) is 2.22. The smallest absolute Gasteiger partial charge is 0.329 e. The molecule has 0 fully saturated rings. The fourth-order valence-electron chi connectivity index (χ4n) is 2.22. The molecule has 0 aromatic carbocycles. The normalized spacial score (nSPS) is 16.9. The number of nitrogens with one attached hydrogen (secondary N) is 1. The van der Waals surface area contributed by atoms with Crippen molar-refractivity contribution in [2.45, 2.75) is 46.6 Å². The van der Waals surface area contributed by atoms with E-state index in [1.807, 2.05) is 20.8 Å². The lowest BCUT2D eigenvalue weighted by Crippen LogP contribution is -2.57. The van der Waals surface area contributed by atoms with Gasteiger partial charge in [-0.05, 0) is 18.8 Å². The molecule has 0 saturated heterocycles. The SMILES string of the molecule is CCC(C(C)C)[C@@](C)(NC(C)=O)C(=O)O. The lowest BCUT2D eigenvalue weighted by atomic mass is 9.76. The Morgan fingerprint density at radius 2 is 1.87 bits per heavy atom. The minimum Gasteiger partial charge on any atom is -0.480 e. The summed E-state index contributed by atoms with van der Waals surface area (Å²) in [6.45, 7) is 8.79. The third-order valence-electron chi connectivity index (χ3n) is 2.87. The number of carboxylic acid groups (broad SMARTS) is 1. The number of aliphatic carboxylic acids is 1. The van der Waals surface area contributed by atoms with Crippen molar-refractivity contribution in [3.05, 3.63) is 0 Å². The Kier molecular flexibility index (Phi) is 4.78. The van der Waals surface area contributed by atoms with Crippen molar-refractivity contribution in [2.24, 2.45) is 11.8 Å². The van der Waals surface area contributed by atoms with Gasteiger partial charge in [0, 0.05) is 6.92 Å². The molecule has 0 aromatic heterocycles. The highest BCUT2D eigenvalue weighted by Crippen LogP contribution is 2.28. The van der Waals surface area contributed by atoms with E-state index in [2.05, 4.69) is 5.32 Å². The van der Waals surface area contributed by atoms with Crippen LogP contribution in [0.2, 0.25) is 0 Å². The highest BCUT2D eigenvalue weighted by atomic mass is 16.4. The summed E-state index contributed by atoms with van der Waals surface area (Å²) < 4.78 is 0. The van der Waals surface area contributed by atoms with Gasteiger partial charge in [-0.25, -0.2) is 4.79 Å². The zero-order valence-electron chi connectivity index (χ0n) is 10.1. The van der Waals surface area contributed by atoms with E-state index in [1.54, 1.807) is 6.92 Å². The Morgan fingerprint density at radius 3 is 2.07 bits per heavy atom. The second-order valence-corrected chi connectivity index (χ2v) is 4.45. The number of carbonyl (C=O) groups excluding carboxylic acids is 1. The quantitative estimate of drug-likeness (QED) is 0.732. The molecule has 4 heteroatoms. The summed E-state index contributed by atoms with van der Waals surface area (Å²) >= 11 is 0. The zero-order chi connectivity index (χ0) is 12.2. The van der Waals surface area contributed by atoms with Crippen molar-refractivity contribution in [2.75, 3.05) is 0 Å². The van der Waals surface area contributed by atoms with E-state index in [9.17, 15) is 14.7 Å². The predicted octanol–water partition coefficient (Wildman–Crippen LogP) is 1.65. The van der Waals surface area contributed by atoms with Gasteiger partial charge in [0.15, 0.2) is 0 Å². The van der Waals surface area contributed by atoms with Crippen molar-refractivity contribution in [1.29, 1.82) is 0 Å². The van der Waals surface area contributed by atoms with Gasteiger partial charge in [0.1, 0.15) is 5.54 Å². The molecular formula is C11H21NO3. The van der Waals surface area contributed by atoms with Crippen LogP contribution in [0.4, 0.5) is 0 Å². The molecule has 0 aromatic rings. The molecule has 2 atom stereocenters. The molecule has 2 N–H and O–H groups in total. The van der Waals surface area contributed by atoms with Crippen molar-refractivity contribution >= 4 is 11.9 Å². The summed E-state index contributed by atoms with van der Waals surface area (Å²) in [7, 11) is 0. The first-order valence-corrected chi connectivity index (χ1v) is 5.27. The number of hydrogen-bond donors (Lipinski definition) is 2. The van der Waals surface area contributed by atoms with Crippen LogP contribution in [0.15, 0.2) is 0 Å². The Morgan fingerprint density at radius 1 is 1.40 bits per heavy atom. The van der Waals surface area contributed by atoms with E-state index in [-0.39, 0.29) is 17.7 Å². The lowest BCUT2D eigenvalue weighted by molar-refractivity contribution is -0.150. The molecule has 0 saturated carbocycles. The standard InChI is InChI=1S/C11H21NO3/c1-6-9(7(2)3)11(5,10(14)15)12-8(4)13/h7,9H,6H2,1-5H3,(H,12,13)(H,14,15)/t9?,11-/m1/s1. The van der Waals surface area contributed by atoms with Crippen molar-refractivity contribution < 1.29 is 14.7 Å². The molecule has 1 amide bonds. The molecule has 0 aliphatic heterocycles. The zero-order valence-corrected chi connectivity index (χ0v) is 10.1. The van der Waals surface area contributed by atoms with Gasteiger partial charge >= 0.3 is 5.97 Å². The molecule has 0 spiro atoms. The molecule has 88 valence electrons. The summed E-state index contributed by atoms with van der Waals surface area (Å²) in [5.74, 6) is -1.14. The largest absolute Gasteiger partial charge is 0.480 e. The van der Waals surface area contributed by atoms with Crippen LogP contribution in [0.5, 0.6) is 0 Å². The second kappa shape index (κ2) is 5.14. The summed E-state index contributed by atoms with van der Waals surface area (Å²) in [6, 6.07) is 0. The topological polar surface area (TPSA) is 66.4 Å². The van der Waals surface area contributed by atoms with E-state index in [0.29, 0.717) is 0 Å². The molecule has 0 aliphatic rings. The van der Waals surface area contributed by atoms with E-state index < -0.39 is 11.5 Å². The lowest BCUT2D eigenvalue weighted by Gasteiger charge is -2.36. The number of amides is 1. The minimum absolute atomic E-state index is 0.0705. The van der Waals surface area contributed by atoms with E-state index in [1.165, 1.54) is 6.92 Å². The van der Waals surface area contributed by atoms with E-state index >= 15 is 0 Å². The molecule has 0 bridgehead atoms. The monoisotopic (exact) mass is 215 g/mol. The Hall–Kier alpha value is -1.06. The number of carboxylic acids is 1. The van der Waals surface area contributed by atoms with E-state index in [0.717, 1.165) is 6.42 Å². The first-order valence-electron chi connectivity index (χ1n) is 5.27. The van der Waals surface area contributed by atoms with Gasteiger partial charge in [0.05, 0.1) is 0 Å². The van der Waals surface area contributed by atoms with Crippen LogP contribution in [-0.4, -0.2) is 22.5 Å². The van der Waals surface area contributed by atoms with Gasteiger partial charge in [-0.1, -0.05) is 27.2 Å².